The van der Waals surface area contributed by atoms with E-state index < -0.39 is 6.04 Å². The fourth-order valence-corrected chi connectivity index (χ4v) is 4.31. The van der Waals surface area contributed by atoms with Crippen LogP contribution in [0.5, 0.6) is 0 Å². The molecule has 0 spiro atoms. The number of fused-ring (bicyclic) bond motifs is 1. The van der Waals surface area contributed by atoms with Crippen molar-refractivity contribution < 1.29 is 13.1 Å². The third kappa shape index (κ3) is 3.49. The molecule has 1 aromatic carbocycles. The van der Waals surface area contributed by atoms with Gasteiger partial charge in [-0.3, -0.25) is 13.8 Å². The van der Waals surface area contributed by atoms with Crippen molar-refractivity contribution in [2.45, 2.75) is 25.8 Å². The van der Waals surface area contributed by atoms with Crippen LogP contribution in [0.4, 0.5) is 8.28 Å². The van der Waals surface area contributed by atoms with Gasteiger partial charge in [0.15, 0.2) is 12.3 Å². The fourth-order valence-electron chi connectivity index (χ4n) is 3.37. The van der Waals surface area contributed by atoms with E-state index >= 15 is 0 Å². The van der Waals surface area contributed by atoms with Gasteiger partial charge in [-0.25, -0.2) is 4.39 Å². The molecular weight excluding hydrogens is 400 g/mol. The summed E-state index contributed by atoms with van der Waals surface area (Å²) < 4.78 is 28.8. The van der Waals surface area contributed by atoms with Crippen LogP contribution in [0.15, 0.2) is 59.7 Å². The summed E-state index contributed by atoms with van der Waals surface area (Å²) in [5, 5.41) is 3.51. The minimum Gasteiger partial charge on any atom is -0.345 e. The number of thiazole rings is 1. The lowest BCUT2D eigenvalue weighted by Crippen LogP contribution is -2.34. The summed E-state index contributed by atoms with van der Waals surface area (Å²) in [6.45, 7) is 1.76. The molecule has 1 aliphatic rings. The molecule has 0 saturated carbocycles. The molecule has 1 amide bonds. The third-order valence-corrected chi connectivity index (χ3v) is 6.04. The second-order valence-corrected chi connectivity index (χ2v) is 7.93. The molecule has 0 saturated heterocycles. The Bertz CT molecular complexity index is 1090. The lowest BCUT2D eigenvalue weighted by atomic mass is 9.99. The number of aromatic nitrogens is 2. The fraction of sp³-hybridized carbons (Fsp3) is 0.200. The van der Waals surface area contributed by atoms with E-state index in [1.165, 1.54) is 15.3 Å². The minimum atomic E-state index is -0.469. The Morgan fingerprint density at radius 3 is 2.89 bits per heavy atom. The summed E-state index contributed by atoms with van der Waals surface area (Å²) in [6.07, 6.45) is 8.07. The van der Waals surface area contributed by atoms with Crippen molar-refractivity contribution in [2.75, 3.05) is 0 Å². The Labute approximate surface area is 169 Å². The number of nitrogens with one attached hydrogen (secondary N) is 1. The maximum atomic E-state index is 14.1. The van der Waals surface area contributed by atoms with Crippen LogP contribution >= 0.6 is 23.7 Å². The predicted octanol–water partition coefficient (Wildman–Crippen LogP) is 5.84. The molecule has 0 bridgehead atoms. The number of nitrogens with zero attached hydrogens (tertiary/aromatic N) is 2. The highest BCUT2D eigenvalue weighted by Crippen LogP contribution is 2.32. The third-order valence-electron chi connectivity index (χ3n) is 4.75. The molecule has 4 nitrogen and oxygen atoms in total. The maximum Gasteiger partial charge on any atom is 0.252 e. The van der Waals surface area contributed by atoms with Gasteiger partial charge in [-0.15, -0.1) is 15.2 Å². The number of amides is 1. The quantitative estimate of drug-likeness (QED) is 0.567. The molecule has 3 aromatic rings. The largest absolute Gasteiger partial charge is 0.345 e. The second-order valence-electron chi connectivity index (χ2n) is 6.52. The Kier molecular flexibility index (Phi) is 5.32. The van der Waals surface area contributed by atoms with Gasteiger partial charge in [-0.05, 0) is 49.6 Å². The highest BCUT2D eigenvalue weighted by Gasteiger charge is 2.21. The summed E-state index contributed by atoms with van der Waals surface area (Å²) in [6, 6.07) is 4.84. The number of benzene rings is 1. The minimum absolute atomic E-state index is 0.0748. The van der Waals surface area contributed by atoms with E-state index in [-0.39, 0.29) is 24.1 Å². The average Bonchev–Trinajstić information content (AvgIpc) is 3.37. The lowest BCUT2D eigenvalue weighted by Gasteiger charge is -2.19. The van der Waals surface area contributed by atoms with Crippen LogP contribution in [-0.4, -0.2) is 20.9 Å². The topological polar surface area (TPSA) is 46.9 Å². The van der Waals surface area contributed by atoms with Crippen molar-refractivity contribution >= 4 is 40.5 Å². The lowest BCUT2D eigenvalue weighted by molar-refractivity contribution is 0.0947. The van der Waals surface area contributed by atoms with E-state index in [2.05, 4.69) is 10.3 Å². The Balaban J connectivity index is 1.72. The zero-order valence-electron chi connectivity index (χ0n) is 15.0. The zero-order valence-corrected chi connectivity index (χ0v) is 16.6. The van der Waals surface area contributed by atoms with E-state index in [1.54, 1.807) is 43.0 Å². The van der Waals surface area contributed by atoms with Crippen LogP contribution in [0, 0.1) is 0 Å². The molecule has 1 N–H and O–H groups in total. The van der Waals surface area contributed by atoms with E-state index in [0.717, 1.165) is 16.9 Å². The van der Waals surface area contributed by atoms with Crippen LogP contribution in [0.3, 0.4) is 0 Å². The molecule has 1 unspecified atom stereocenters. The number of carbonyl (C=O) groups excluding carboxylic acids is 1. The van der Waals surface area contributed by atoms with Gasteiger partial charge in [-0.1, -0.05) is 6.08 Å². The highest BCUT2D eigenvalue weighted by molar-refractivity contribution is 7.92. The van der Waals surface area contributed by atoms with Crippen molar-refractivity contribution in [3.8, 4) is 10.4 Å². The maximum absolute atomic E-state index is 14.1. The monoisotopic (exact) mass is 417 g/mol. The highest BCUT2D eigenvalue weighted by atomic mass is 32.2. The van der Waals surface area contributed by atoms with Gasteiger partial charge in [-0.2, -0.15) is 0 Å². The van der Waals surface area contributed by atoms with Crippen LogP contribution in [0.2, 0.25) is 0 Å². The van der Waals surface area contributed by atoms with Crippen molar-refractivity contribution in [1.82, 2.24) is 14.3 Å². The van der Waals surface area contributed by atoms with Gasteiger partial charge in [0.2, 0.25) is 0 Å². The number of halogens is 2. The molecule has 28 heavy (non-hydrogen) atoms. The van der Waals surface area contributed by atoms with Crippen molar-refractivity contribution in [2.24, 2.45) is 0 Å². The van der Waals surface area contributed by atoms with E-state index in [0.29, 0.717) is 28.5 Å². The normalized spacial score (nSPS) is 15.2. The summed E-state index contributed by atoms with van der Waals surface area (Å²) in [5.41, 5.74) is 3.99. The first-order valence-electron chi connectivity index (χ1n) is 8.78. The van der Waals surface area contributed by atoms with Gasteiger partial charge >= 0.3 is 0 Å². The first-order valence-corrected chi connectivity index (χ1v) is 10.3. The number of hydrogen-bond acceptors (Lipinski definition) is 4. The number of carbonyl (C=O) groups is 1. The van der Waals surface area contributed by atoms with Gasteiger partial charge in [0.05, 0.1) is 21.9 Å². The van der Waals surface area contributed by atoms with E-state index in [4.69, 9.17) is 0 Å². The smallest absolute Gasteiger partial charge is 0.252 e. The molecule has 2 heterocycles. The Morgan fingerprint density at radius 2 is 2.18 bits per heavy atom. The summed E-state index contributed by atoms with van der Waals surface area (Å²) in [4.78, 5) is 18.0. The van der Waals surface area contributed by atoms with Crippen molar-refractivity contribution in [3.05, 3.63) is 65.2 Å². The van der Waals surface area contributed by atoms with Crippen LogP contribution in [-0.2, 0) is 0 Å². The van der Waals surface area contributed by atoms with E-state index in [9.17, 15) is 13.1 Å². The van der Waals surface area contributed by atoms with Gasteiger partial charge in [0.1, 0.15) is 5.83 Å². The molecule has 144 valence electrons. The van der Waals surface area contributed by atoms with Gasteiger partial charge < -0.3 is 5.32 Å². The van der Waals surface area contributed by atoms with Crippen LogP contribution in [0.25, 0.3) is 21.3 Å². The average molecular weight is 418 g/mol. The van der Waals surface area contributed by atoms with Crippen LogP contribution < -0.4 is 5.32 Å². The number of hydrogen-bond donors (Lipinski definition) is 1. The van der Waals surface area contributed by atoms with Gasteiger partial charge in [0, 0.05) is 28.9 Å². The van der Waals surface area contributed by atoms with E-state index in [1.807, 2.05) is 12.1 Å². The number of allylic oxidation sites excluding steroid dienone is 2. The summed E-state index contributed by atoms with van der Waals surface area (Å²) >= 11 is 1.51. The molecule has 8 heteroatoms. The molecule has 0 fully saturated rings. The SMILES string of the molecule is CC(NC(=O)c1cc(-c2cncs2)cc2c1ccn2SF)C1=CCCC=C1F. The van der Waals surface area contributed by atoms with Crippen molar-refractivity contribution in [3.63, 3.8) is 0 Å². The summed E-state index contributed by atoms with van der Waals surface area (Å²) in [7, 11) is 0. The first-order chi connectivity index (χ1) is 13.6. The first kappa shape index (κ1) is 18.9. The second kappa shape index (κ2) is 7.89. The zero-order chi connectivity index (χ0) is 19.7. The molecular formula is C20H17F2N3OS2. The number of rotatable bonds is 5. The Hall–Kier alpha value is -2.45. The molecule has 0 aliphatic heterocycles. The molecule has 4 rings (SSSR count). The Morgan fingerprint density at radius 1 is 1.36 bits per heavy atom. The summed E-state index contributed by atoms with van der Waals surface area (Å²) in [5.74, 6) is -0.618. The van der Waals surface area contributed by atoms with Gasteiger partial charge in [0.25, 0.3) is 5.91 Å². The predicted molar refractivity (Wildman–Crippen MR) is 111 cm³/mol. The molecule has 0 radical (unpaired) electrons. The molecule has 2 aromatic heterocycles. The van der Waals surface area contributed by atoms with Crippen LogP contribution in [0.1, 0.15) is 30.1 Å². The molecule has 1 aliphatic carbocycles. The standard InChI is InChI=1S/C20H17F2N3OS2/c1-12(14-4-2-3-5-17(14)21)24-20(26)16-8-13(19-10-23-11-27-19)9-18-15(16)6-7-25(18)28-22/h4-12H,2-3H2,1H3,(H,24,26). The molecule has 1 atom stereocenters. The van der Waals surface area contributed by atoms with Crippen molar-refractivity contribution in [1.29, 1.82) is 0 Å².